The van der Waals surface area contributed by atoms with Crippen molar-refractivity contribution in [3.63, 3.8) is 0 Å². The van der Waals surface area contributed by atoms with Gasteiger partial charge < -0.3 is 19.5 Å². The normalized spacial score (nSPS) is 12.7. The summed E-state index contributed by atoms with van der Waals surface area (Å²) in [4.78, 5) is 15.7. The number of thioether (sulfide) groups is 1. The molecule has 154 valence electrons. The highest BCUT2D eigenvalue weighted by Crippen LogP contribution is 2.27. The minimum atomic E-state index is -0.604. The first-order valence-corrected chi connectivity index (χ1v) is 10.3. The molecule has 0 radical (unpaired) electrons. The van der Waals surface area contributed by atoms with E-state index in [0.717, 1.165) is 22.0 Å². The quantitative estimate of drug-likeness (QED) is 0.416. The summed E-state index contributed by atoms with van der Waals surface area (Å²) >= 11 is 1.42. The third-order valence-electron chi connectivity index (χ3n) is 3.95. The maximum atomic E-state index is 12.4. The second-order valence-corrected chi connectivity index (χ2v) is 8.84. The van der Waals surface area contributed by atoms with Gasteiger partial charge in [-0.15, -0.1) is 10.2 Å². The molecule has 7 nitrogen and oxygen atoms in total. The molecule has 0 aliphatic carbocycles. The van der Waals surface area contributed by atoms with Gasteiger partial charge in [-0.25, -0.2) is 4.79 Å². The number of para-hydroxylation sites is 1. The number of aromatic amines is 1. The highest BCUT2D eigenvalue weighted by Gasteiger charge is 2.26. The lowest BCUT2D eigenvalue weighted by Crippen LogP contribution is -2.36. The molecule has 2 N–H and O–H groups in total. The van der Waals surface area contributed by atoms with E-state index in [-0.39, 0.29) is 0 Å². The summed E-state index contributed by atoms with van der Waals surface area (Å²) in [7, 11) is 0. The largest absolute Gasteiger partial charge is 0.444 e. The average molecular weight is 415 g/mol. The van der Waals surface area contributed by atoms with Gasteiger partial charge >= 0.3 is 6.09 Å². The number of rotatable bonds is 7. The highest BCUT2D eigenvalue weighted by atomic mass is 32.2. The van der Waals surface area contributed by atoms with Crippen LogP contribution in [0.3, 0.4) is 0 Å². The summed E-state index contributed by atoms with van der Waals surface area (Å²) < 4.78 is 11.2. The van der Waals surface area contributed by atoms with Crippen LogP contribution in [0.25, 0.3) is 10.9 Å². The second-order valence-electron chi connectivity index (χ2n) is 7.91. The number of alkyl carbamates (subject to hydrolysis) is 1. The Morgan fingerprint density at radius 1 is 1.34 bits per heavy atom. The number of nitrogens with zero attached hydrogens (tertiary/aromatic N) is 2. The van der Waals surface area contributed by atoms with Crippen LogP contribution in [0.2, 0.25) is 0 Å². The topological polar surface area (TPSA) is 93.0 Å². The third-order valence-corrected chi connectivity index (χ3v) is 5.00. The van der Waals surface area contributed by atoms with Gasteiger partial charge in [0.2, 0.25) is 5.89 Å². The van der Waals surface area contributed by atoms with Crippen LogP contribution in [0.5, 0.6) is 0 Å². The minimum Gasteiger partial charge on any atom is -0.444 e. The molecule has 0 saturated carbocycles. The molecule has 0 aliphatic heterocycles. The number of nitrogens with one attached hydrogen (secondary N) is 2. The van der Waals surface area contributed by atoms with E-state index in [1.165, 1.54) is 11.8 Å². The number of hydrogen-bond acceptors (Lipinski definition) is 6. The first-order chi connectivity index (χ1) is 13.7. The molecular formula is C21H26N4O3S. The van der Waals surface area contributed by atoms with Crippen molar-refractivity contribution in [2.45, 2.75) is 51.0 Å². The smallest absolute Gasteiger partial charge is 0.408 e. The number of amides is 1. The first-order valence-electron chi connectivity index (χ1n) is 9.36. The SMILES string of the molecule is C=C(C)CSc1nnc([C@H](Cc2c[nH]c3ccccc23)NC(=O)OC(C)(C)C)o1. The Bertz CT molecular complexity index is 1000. The predicted molar refractivity (Wildman–Crippen MR) is 114 cm³/mol. The molecule has 0 spiro atoms. The maximum absolute atomic E-state index is 12.4. The molecule has 0 saturated heterocycles. The van der Waals surface area contributed by atoms with Crippen LogP contribution < -0.4 is 5.32 Å². The van der Waals surface area contributed by atoms with Crippen LogP contribution in [0, 0.1) is 0 Å². The summed E-state index contributed by atoms with van der Waals surface area (Å²) in [6.45, 7) is 11.3. The number of ether oxygens (including phenoxy) is 1. The minimum absolute atomic E-state index is 0.338. The molecule has 1 amide bonds. The molecule has 29 heavy (non-hydrogen) atoms. The van der Waals surface area contributed by atoms with Crippen LogP contribution in [-0.2, 0) is 11.2 Å². The lowest BCUT2D eigenvalue weighted by molar-refractivity contribution is 0.0494. The van der Waals surface area contributed by atoms with Crippen molar-refractivity contribution < 1.29 is 13.9 Å². The summed E-state index contributed by atoms with van der Waals surface area (Å²) in [5.41, 5.74) is 2.47. The number of H-pyrrole nitrogens is 1. The van der Waals surface area contributed by atoms with Crippen LogP contribution >= 0.6 is 11.8 Å². The fraction of sp³-hybridized carbons (Fsp3) is 0.381. The van der Waals surface area contributed by atoms with Gasteiger partial charge in [-0.3, -0.25) is 0 Å². The van der Waals surface area contributed by atoms with E-state index in [4.69, 9.17) is 9.15 Å². The van der Waals surface area contributed by atoms with Crippen LogP contribution in [-0.4, -0.2) is 32.6 Å². The average Bonchev–Trinajstić information content (AvgIpc) is 3.25. The van der Waals surface area contributed by atoms with Crippen molar-refractivity contribution in [1.82, 2.24) is 20.5 Å². The van der Waals surface area contributed by atoms with Gasteiger partial charge in [0.1, 0.15) is 11.6 Å². The monoisotopic (exact) mass is 414 g/mol. The van der Waals surface area contributed by atoms with Gasteiger partial charge in [-0.1, -0.05) is 42.1 Å². The fourth-order valence-corrected chi connectivity index (χ4v) is 3.39. The Balaban J connectivity index is 1.83. The molecule has 1 aromatic carbocycles. The summed E-state index contributed by atoms with van der Waals surface area (Å²) in [6, 6.07) is 7.48. The molecule has 8 heteroatoms. The van der Waals surface area contributed by atoms with Crippen molar-refractivity contribution in [3.8, 4) is 0 Å². The Kier molecular flexibility index (Phi) is 6.32. The molecule has 0 unspecified atom stereocenters. The molecule has 2 aromatic heterocycles. The van der Waals surface area contributed by atoms with Crippen molar-refractivity contribution in [3.05, 3.63) is 54.1 Å². The molecular weight excluding hydrogens is 388 g/mol. The Morgan fingerprint density at radius 2 is 2.10 bits per heavy atom. The van der Waals surface area contributed by atoms with Crippen molar-refractivity contribution in [2.24, 2.45) is 0 Å². The summed E-state index contributed by atoms with van der Waals surface area (Å²) in [5, 5.41) is 12.6. The van der Waals surface area contributed by atoms with Gasteiger partial charge in [0, 0.05) is 29.3 Å². The number of hydrogen-bond donors (Lipinski definition) is 2. The second kappa shape index (κ2) is 8.73. The molecule has 2 heterocycles. The van der Waals surface area contributed by atoms with Crippen molar-refractivity contribution in [1.29, 1.82) is 0 Å². The Labute approximate surface area is 174 Å². The van der Waals surface area contributed by atoms with Gasteiger partial charge in [-0.05, 0) is 39.3 Å². The van der Waals surface area contributed by atoms with E-state index in [0.29, 0.717) is 23.3 Å². The number of benzene rings is 1. The maximum Gasteiger partial charge on any atom is 0.408 e. The molecule has 1 atom stereocenters. The molecule has 3 aromatic rings. The van der Waals surface area contributed by atoms with E-state index in [1.807, 2.05) is 58.2 Å². The van der Waals surface area contributed by atoms with Gasteiger partial charge in [0.05, 0.1) is 0 Å². The molecule has 0 aliphatic rings. The van der Waals surface area contributed by atoms with Gasteiger partial charge in [0.25, 0.3) is 5.22 Å². The highest BCUT2D eigenvalue weighted by molar-refractivity contribution is 7.99. The van der Waals surface area contributed by atoms with E-state index in [2.05, 4.69) is 27.1 Å². The third kappa shape index (κ3) is 5.87. The van der Waals surface area contributed by atoms with Crippen LogP contribution in [0.15, 0.2) is 52.3 Å². The summed E-state index contributed by atoms with van der Waals surface area (Å²) in [6.07, 6.45) is 1.88. The van der Waals surface area contributed by atoms with Crippen molar-refractivity contribution in [2.75, 3.05) is 5.75 Å². The number of fused-ring (bicyclic) bond motifs is 1. The van der Waals surface area contributed by atoms with Crippen LogP contribution in [0.1, 0.15) is 45.2 Å². The Morgan fingerprint density at radius 3 is 2.83 bits per heavy atom. The number of aromatic nitrogens is 3. The van der Waals surface area contributed by atoms with Crippen LogP contribution in [0.4, 0.5) is 4.79 Å². The molecule has 0 fully saturated rings. The number of carbonyl (C=O) groups is 1. The standard InChI is InChI=1S/C21H26N4O3S/c1-13(2)12-29-20-25-24-18(27-20)17(23-19(26)28-21(3,4)5)10-14-11-22-16-9-7-6-8-15(14)16/h6-9,11,17,22H,1,10,12H2,2-5H3,(H,23,26)/t17-/m0/s1. The van der Waals surface area contributed by atoms with E-state index < -0.39 is 17.7 Å². The predicted octanol–water partition coefficient (Wildman–Crippen LogP) is 5.03. The summed E-state index contributed by atoms with van der Waals surface area (Å²) in [5.74, 6) is 1.03. The van der Waals surface area contributed by atoms with E-state index >= 15 is 0 Å². The van der Waals surface area contributed by atoms with Gasteiger partial charge in [0.15, 0.2) is 0 Å². The fourth-order valence-electron chi connectivity index (χ4n) is 2.77. The molecule has 3 rings (SSSR count). The zero-order valence-corrected chi connectivity index (χ0v) is 17.9. The van der Waals surface area contributed by atoms with Gasteiger partial charge in [-0.2, -0.15) is 0 Å². The Hall–Kier alpha value is -2.74. The lowest BCUT2D eigenvalue weighted by Gasteiger charge is -2.22. The van der Waals surface area contributed by atoms with Crippen molar-refractivity contribution >= 4 is 28.8 Å². The van der Waals surface area contributed by atoms with E-state index in [9.17, 15) is 4.79 Å². The number of carbonyl (C=O) groups excluding carboxylic acids is 1. The molecule has 0 bridgehead atoms. The first kappa shape index (κ1) is 21.0. The lowest BCUT2D eigenvalue weighted by atomic mass is 10.1. The zero-order chi connectivity index (χ0) is 21.0. The van der Waals surface area contributed by atoms with E-state index in [1.54, 1.807) is 0 Å². The zero-order valence-electron chi connectivity index (χ0n) is 17.1.